The highest BCUT2D eigenvalue weighted by Gasteiger charge is 2.10. The highest BCUT2D eigenvalue weighted by Crippen LogP contribution is 2.06. The normalized spacial score (nSPS) is 10.7. The number of nitrogens with one attached hydrogen (secondary N) is 1. The minimum atomic E-state index is -0.244. The Morgan fingerprint density at radius 3 is 3.00 bits per heavy atom. The molecular formula is C13H12BrN5O2. The molecule has 0 unspecified atom stereocenters. The standard InChI is InChI=1S/C13H12BrN5O2/c14-10-6-16-19(8-10)9-18-4-3-12(17-18)13(20)15-7-11-2-1-5-21-11/h1-6,8H,7,9H2,(H,15,20). The van der Waals surface area contributed by atoms with Gasteiger partial charge in [-0.1, -0.05) is 0 Å². The first kappa shape index (κ1) is 13.6. The van der Waals surface area contributed by atoms with Crippen LogP contribution in [0.5, 0.6) is 0 Å². The van der Waals surface area contributed by atoms with E-state index in [-0.39, 0.29) is 5.91 Å². The molecule has 3 aromatic heterocycles. The second kappa shape index (κ2) is 5.96. The largest absolute Gasteiger partial charge is 0.467 e. The van der Waals surface area contributed by atoms with Gasteiger partial charge in [-0.05, 0) is 34.1 Å². The average molecular weight is 350 g/mol. The van der Waals surface area contributed by atoms with Gasteiger partial charge in [-0.3, -0.25) is 9.48 Å². The van der Waals surface area contributed by atoms with Crippen LogP contribution in [0.25, 0.3) is 0 Å². The van der Waals surface area contributed by atoms with Crippen molar-refractivity contribution in [2.75, 3.05) is 0 Å². The molecule has 21 heavy (non-hydrogen) atoms. The summed E-state index contributed by atoms with van der Waals surface area (Å²) in [6.45, 7) is 0.780. The predicted octanol–water partition coefficient (Wildman–Crippen LogP) is 1.87. The summed E-state index contributed by atoms with van der Waals surface area (Å²) in [6.07, 6.45) is 6.83. The molecule has 7 nitrogen and oxygen atoms in total. The lowest BCUT2D eigenvalue weighted by Gasteiger charge is -2.02. The number of carbonyl (C=O) groups excluding carboxylic acids is 1. The third-order valence-electron chi connectivity index (χ3n) is 2.77. The zero-order chi connectivity index (χ0) is 14.7. The Bertz CT molecular complexity index is 731. The first-order valence-electron chi connectivity index (χ1n) is 6.23. The van der Waals surface area contributed by atoms with E-state index in [1.54, 1.807) is 46.2 Å². The molecule has 8 heteroatoms. The van der Waals surface area contributed by atoms with Gasteiger partial charge < -0.3 is 9.73 Å². The van der Waals surface area contributed by atoms with E-state index in [4.69, 9.17) is 4.42 Å². The van der Waals surface area contributed by atoms with Crippen LogP contribution in [0.1, 0.15) is 16.2 Å². The van der Waals surface area contributed by atoms with Crippen LogP contribution < -0.4 is 5.32 Å². The van der Waals surface area contributed by atoms with E-state index >= 15 is 0 Å². The van der Waals surface area contributed by atoms with Crippen LogP contribution in [0.4, 0.5) is 0 Å². The highest BCUT2D eigenvalue weighted by molar-refractivity contribution is 9.10. The summed E-state index contributed by atoms with van der Waals surface area (Å²) in [6, 6.07) is 5.24. The molecule has 0 bridgehead atoms. The maximum Gasteiger partial charge on any atom is 0.272 e. The summed E-state index contributed by atoms with van der Waals surface area (Å²) in [4.78, 5) is 12.0. The fourth-order valence-electron chi connectivity index (χ4n) is 1.80. The molecule has 0 aliphatic heterocycles. The minimum Gasteiger partial charge on any atom is -0.467 e. The SMILES string of the molecule is O=C(NCc1ccco1)c1ccn(Cn2cc(Br)cn2)n1. The summed E-state index contributed by atoms with van der Waals surface area (Å²) in [7, 11) is 0. The molecule has 1 amide bonds. The average Bonchev–Trinajstić information content (AvgIpc) is 3.19. The molecule has 0 radical (unpaired) electrons. The summed E-state index contributed by atoms with van der Waals surface area (Å²) in [5, 5.41) is 11.1. The molecule has 3 heterocycles. The Kier molecular flexibility index (Phi) is 3.87. The molecule has 108 valence electrons. The molecule has 1 N–H and O–H groups in total. The number of hydrogen-bond donors (Lipinski definition) is 1. The third-order valence-corrected chi connectivity index (χ3v) is 3.18. The van der Waals surface area contributed by atoms with Gasteiger partial charge in [-0.2, -0.15) is 10.2 Å². The molecule has 0 saturated carbocycles. The fraction of sp³-hybridized carbons (Fsp3) is 0.154. The van der Waals surface area contributed by atoms with Crippen molar-refractivity contribution in [3.63, 3.8) is 0 Å². The molecule has 0 aromatic carbocycles. The van der Waals surface area contributed by atoms with Crippen LogP contribution >= 0.6 is 15.9 Å². The molecule has 0 aliphatic carbocycles. The number of amides is 1. The quantitative estimate of drug-likeness (QED) is 0.762. The van der Waals surface area contributed by atoms with Gasteiger partial charge >= 0.3 is 0 Å². The number of carbonyl (C=O) groups is 1. The molecule has 0 saturated heterocycles. The van der Waals surface area contributed by atoms with Crippen molar-refractivity contribution in [3.8, 4) is 0 Å². The fourth-order valence-corrected chi connectivity index (χ4v) is 2.12. The van der Waals surface area contributed by atoms with Gasteiger partial charge in [-0.15, -0.1) is 0 Å². The summed E-state index contributed by atoms with van der Waals surface area (Å²) in [5.41, 5.74) is 0.354. The van der Waals surface area contributed by atoms with E-state index in [1.165, 1.54) is 0 Å². The first-order chi connectivity index (χ1) is 10.2. The lowest BCUT2D eigenvalue weighted by atomic mass is 10.4. The molecule has 0 spiro atoms. The van der Waals surface area contributed by atoms with Crippen molar-refractivity contribution in [1.29, 1.82) is 0 Å². The van der Waals surface area contributed by atoms with E-state index < -0.39 is 0 Å². The van der Waals surface area contributed by atoms with Crippen LogP contribution in [0.15, 0.2) is 51.9 Å². The van der Waals surface area contributed by atoms with Crippen LogP contribution in [0.2, 0.25) is 0 Å². The van der Waals surface area contributed by atoms with E-state index in [0.29, 0.717) is 24.7 Å². The lowest BCUT2D eigenvalue weighted by molar-refractivity contribution is 0.0942. The highest BCUT2D eigenvalue weighted by atomic mass is 79.9. The van der Waals surface area contributed by atoms with E-state index in [1.807, 2.05) is 6.20 Å². The van der Waals surface area contributed by atoms with Gasteiger partial charge in [0.15, 0.2) is 0 Å². The van der Waals surface area contributed by atoms with Crippen LogP contribution in [0, 0.1) is 0 Å². The van der Waals surface area contributed by atoms with Crippen LogP contribution in [-0.4, -0.2) is 25.5 Å². The Balaban J connectivity index is 1.60. The Labute approximate surface area is 128 Å². The molecule has 3 aromatic rings. The summed E-state index contributed by atoms with van der Waals surface area (Å²) >= 11 is 3.33. The number of aromatic nitrogens is 4. The van der Waals surface area contributed by atoms with Gasteiger partial charge in [0.2, 0.25) is 0 Å². The molecule has 3 rings (SSSR count). The van der Waals surface area contributed by atoms with Crippen LogP contribution in [0.3, 0.4) is 0 Å². The zero-order valence-corrected chi connectivity index (χ0v) is 12.5. The Hall–Kier alpha value is -2.35. The van der Waals surface area contributed by atoms with Crippen molar-refractivity contribution in [1.82, 2.24) is 24.9 Å². The van der Waals surface area contributed by atoms with E-state index in [9.17, 15) is 4.79 Å². The van der Waals surface area contributed by atoms with Gasteiger partial charge in [0.1, 0.15) is 18.1 Å². The molecular weight excluding hydrogens is 338 g/mol. The number of halogens is 1. The summed E-state index contributed by atoms with van der Waals surface area (Å²) in [5.74, 6) is 0.455. The predicted molar refractivity (Wildman–Crippen MR) is 77.4 cm³/mol. The van der Waals surface area contributed by atoms with Gasteiger partial charge in [-0.25, -0.2) is 4.68 Å². The van der Waals surface area contributed by atoms with Crippen molar-refractivity contribution in [3.05, 3.63) is 59.0 Å². The van der Waals surface area contributed by atoms with Crippen molar-refractivity contribution in [2.24, 2.45) is 0 Å². The maximum atomic E-state index is 12.0. The molecule has 0 atom stereocenters. The van der Waals surface area contributed by atoms with Crippen molar-refractivity contribution >= 4 is 21.8 Å². The maximum absolute atomic E-state index is 12.0. The smallest absolute Gasteiger partial charge is 0.272 e. The number of hydrogen-bond acceptors (Lipinski definition) is 4. The molecule has 0 fully saturated rings. The topological polar surface area (TPSA) is 77.9 Å². The Morgan fingerprint density at radius 1 is 1.38 bits per heavy atom. The van der Waals surface area contributed by atoms with Gasteiger partial charge in [0.25, 0.3) is 5.91 Å². The monoisotopic (exact) mass is 349 g/mol. The van der Waals surface area contributed by atoms with E-state index in [0.717, 1.165) is 4.47 Å². The lowest BCUT2D eigenvalue weighted by Crippen LogP contribution is -2.23. The minimum absolute atomic E-state index is 0.244. The van der Waals surface area contributed by atoms with Crippen molar-refractivity contribution < 1.29 is 9.21 Å². The summed E-state index contributed by atoms with van der Waals surface area (Å²) < 4.78 is 9.39. The number of rotatable bonds is 5. The number of nitrogens with zero attached hydrogens (tertiary/aromatic N) is 4. The van der Waals surface area contributed by atoms with E-state index in [2.05, 4.69) is 31.4 Å². The second-order valence-corrected chi connectivity index (χ2v) is 5.26. The zero-order valence-electron chi connectivity index (χ0n) is 10.9. The second-order valence-electron chi connectivity index (χ2n) is 4.34. The van der Waals surface area contributed by atoms with Crippen molar-refractivity contribution in [2.45, 2.75) is 13.2 Å². The molecule has 0 aliphatic rings. The number of furan rings is 1. The van der Waals surface area contributed by atoms with Gasteiger partial charge in [0, 0.05) is 12.4 Å². The Morgan fingerprint density at radius 2 is 2.29 bits per heavy atom. The third kappa shape index (κ3) is 3.40. The van der Waals surface area contributed by atoms with Crippen LogP contribution in [-0.2, 0) is 13.2 Å². The first-order valence-corrected chi connectivity index (χ1v) is 7.02. The van der Waals surface area contributed by atoms with Gasteiger partial charge in [0.05, 0.1) is 23.5 Å².